The predicted molar refractivity (Wildman–Crippen MR) is 38.1 cm³/mol. The first-order valence-corrected chi connectivity index (χ1v) is 4.26. The largest absolute Gasteiger partial charge is 1.00 e. The van der Waals surface area contributed by atoms with E-state index in [1.165, 1.54) is 6.92 Å². The number of rotatable bonds is 1. The summed E-state index contributed by atoms with van der Waals surface area (Å²) in [6.45, 7) is 4.60. The Morgan fingerprint density at radius 1 is 1.50 bits per heavy atom. The van der Waals surface area contributed by atoms with Crippen LogP contribution in [0.1, 0.15) is 6.92 Å². The molecule has 0 aromatic heterocycles. The van der Waals surface area contributed by atoms with Gasteiger partial charge in [-0.3, -0.25) is 0 Å². The maximum atomic E-state index is 9.60. The third kappa shape index (κ3) is 49.6. The topological polar surface area (TPSA) is 94.5 Å². The third-order valence-corrected chi connectivity index (χ3v) is 0.365. The molecule has 0 bridgehead atoms. The van der Waals surface area contributed by atoms with Crippen molar-refractivity contribution >= 4 is 16.1 Å². The van der Waals surface area contributed by atoms with Gasteiger partial charge < -0.3 is 9.66 Å². The zero-order valence-corrected chi connectivity index (χ0v) is 10.0. The summed E-state index contributed by atoms with van der Waals surface area (Å²) in [6, 6.07) is 0. The average Bonchev–Trinajstić information content (AvgIpc) is 1.59. The molecule has 0 amide bonds. The van der Waals surface area contributed by atoms with Crippen molar-refractivity contribution in [2.75, 3.05) is 6.26 Å². The summed E-state index contributed by atoms with van der Waals surface area (Å²) in [6.07, 6.45) is 0.604. The van der Waals surface area contributed by atoms with Crippen LogP contribution in [0.4, 0.5) is 0 Å². The average molecular weight is 204 g/mol. The van der Waals surface area contributed by atoms with Gasteiger partial charge in [-0.15, -0.1) is 0 Å². The Hall–Kier alpha value is 0.120. The van der Waals surface area contributed by atoms with E-state index < -0.39 is 16.1 Å². The fourth-order valence-electron chi connectivity index (χ4n) is 0. The molecule has 0 radical (unpaired) electrons. The molecule has 0 aliphatic carbocycles. The van der Waals surface area contributed by atoms with E-state index in [0.29, 0.717) is 6.26 Å². The second kappa shape index (κ2) is 7.75. The van der Waals surface area contributed by atoms with Crippen molar-refractivity contribution in [1.29, 1.82) is 0 Å². The molecule has 1 N–H and O–H groups in total. The second-order valence-electron chi connectivity index (χ2n) is 1.79. The number of hydrogen-bond acceptors (Lipinski definition) is 4. The number of hydrogen-bond donors (Lipinski definition) is 1. The van der Waals surface area contributed by atoms with E-state index in [4.69, 9.17) is 18.1 Å². The minimum atomic E-state index is -3.92. The Morgan fingerprint density at radius 3 is 1.58 bits per heavy atom. The first-order chi connectivity index (χ1) is 4.64. The normalized spacial score (nSPS) is 8.58. The van der Waals surface area contributed by atoms with Crippen LogP contribution in [-0.2, 0) is 14.9 Å². The molecular formula is C5H9NaO5S. The molecule has 0 fully saturated rings. The fraction of sp³-hybridized carbons (Fsp3) is 0.400. The van der Waals surface area contributed by atoms with Gasteiger partial charge in [0.05, 0.1) is 10.1 Å². The summed E-state index contributed by atoms with van der Waals surface area (Å²) < 4.78 is 27.2. The van der Waals surface area contributed by atoms with Crippen LogP contribution in [0, 0.1) is 0 Å². The molecule has 12 heavy (non-hydrogen) atoms. The van der Waals surface area contributed by atoms with Crippen LogP contribution in [0.15, 0.2) is 12.2 Å². The standard InChI is InChI=1S/C4H6O2.CH4O3S.Na/c1-3(2)4(5)6;1-5(2,3)4;/h1H2,2H3,(H,5,6);1H3,(H,2,3,4);/q;;+1/p-1. The smallest absolute Gasteiger partial charge is 0.748 e. The number of aliphatic carboxylic acids is 1. The Labute approximate surface area is 93.5 Å². The van der Waals surface area contributed by atoms with Crippen molar-refractivity contribution in [1.82, 2.24) is 0 Å². The SMILES string of the molecule is C=C(C)C(=O)O.CS(=O)(=O)[O-].[Na+]. The van der Waals surface area contributed by atoms with Gasteiger partial charge in [-0.05, 0) is 6.92 Å². The van der Waals surface area contributed by atoms with Crippen molar-refractivity contribution < 1.29 is 52.4 Å². The van der Waals surface area contributed by atoms with Gasteiger partial charge in [0.25, 0.3) is 0 Å². The predicted octanol–water partition coefficient (Wildman–Crippen LogP) is -3.19. The first-order valence-electron chi connectivity index (χ1n) is 2.44. The molecule has 66 valence electrons. The summed E-state index contributed by atoms with van der Waals surface area (Å²) in [5.74, 6) is -0.935. The summed E-state index contributed by atoms with van der Waals surface area (Å²) >= 11 is 0. The molecule has 0 rings (SSSR count). The van der Waals surface area contributed by atoms with E-state index in [-0.39, 0.29) is 35.1 Å². The van der Waals surface area contributed by atoms with Crippen molar-refractivity contribution in [3.05, 3.63) is 12.2 Å². The Kier molecular flexibility index (Phi) is 11.6. The molecule has 0 saturated heterocycles. The Morgan fingerprint density at radius 2 is 1.58 bits per heavy atom. The van der Waals surface area contributed by atoms with E-state index in [9.17, 15) is 4.79 Å². The van der Waals surface area contributed by atoms with Crippen LogP contribution in [0.5, 0.6) is 0 Å². The molecule has 0 aliphatic rings. The quantitative estimate of drug-likeness (QED) is 0.276. The van der Waals surface area contributed by atoms with E-state index in [1.807, 2.05) is 0 Å². The third-order valence-electron chi connectivity index (χ3n) is 0.365. The monoisotopic (exact) mass is 204 g/mol. The summed E-state index contributed by atoms with van der Waals surface area (Å²) in [7, 11) is -3.92. The number of carboxylic acid groups (broad SMARTS) is 1. The maximum Gasteiger partial charge on any atom is 1.00 e. The van der Waals surface area contributed by atoms with Crippen molar-refractivity contribution in [3.63, 3.8) is 0 Å². The van der Waals surface area contributed by atoms with E-state index in [2.05, 4.69) is 6.58 Å². The van der Waals surface area contributed by atoms with E-state index in [1.54, 1.807) is 0 Å². The zero-order valence-electron chi connectivity index (χ0n) is 7.20. The van der Waals surface area contributed by atoms with Gasteiger partial charge in [0.2, 0.25) is 0 Å². The van der Waals surface area contributed by atoms with Gasteiger partial charge in [0.1, 0.15) is 0 Å². The maximum absolute atomic E-state index is 9.60. The van der Waals surface area contributed by atoms with E-state index in [0.717, 1.165) is 0 Å². The van der Waals surface area contributed by atoms with Crippen LogP contribution >= 0.6 is 0 Å². The van der Waals surface area contributed by atoms with Crippen LogP contribution in [0.2, 0.25) is 0 Å². The van der Waals surface area contributed by atoms with Crippen molar-refractivity contribution in [2.24, 2.45) is 0 Å². The molecule has 0 unspecified atom stereocenters. The molecule has 5 nitrogen and oxygen atoms in total. The fourth-order valence-corrected chi connectivity index (χ4v) is 0. The summed E-state index contributed by atoms with van der Waals surface area (Å²) in [4.78, 5) is 9.60. The van der Waals surface area contributed by atoms with E-state index >= 15 is 0 Å². The molecule has 7 heteroatoms. The van der Waals surface area contributed by atoms with Crippen LogP contribution in [-0.4, -0.2) is 30.3 Å². The van der Waals surface area contributed by atoms with Gasteiger partial charge in [0.15, 0.2) is 0 Å². The second-order valence-corrected chi connectivity index (χ2v) is 3.20. The van der Waals surface area contributed by atoms with Gasteiger partial charge in [-0.2, -0.15) is 0 Å². The minimum Gasteiger partial charge on any atom is -0.748 e. The summed E-state index contributed by atoms with van der Waals surface area (Å²) in [5.41, 5.74) is 0.176. The van der Waals surface area contributed by atoms with Gasteiger partial charge >= 0.3 is 35.5 Å². The van der Waals surface area contributed by atoms with Gasteiger partial charge in [-0.1, -0.05) is 6.58 Å². The number of carbonyl (C=O) groups is 1. The molecule has 0 aromatic carbocycles. The molecule has 0 spiro atoms. The van der Waals surface area contributed by atoms with Gasteiger partial charge in [0, 0.05) is 11.8 Å². The molecule has 0 aromatic rings. The zero-order chi connectivity index (χ0) is 9.65. The van der Waals surface area contributed by atoms with Crippen LogP contribution in [0.25, 0.3) is 0 Å². The number of carboxylic acids is 1. The first kappa shape index (κ1) is 18.0. The molecule has 0 aliphatic heterocycles. The van der Waals surface area contributed by atoms with Crippen molar-refractivity contribution in [2.45, 2.75) is 6.92 Å². The molecule has 0 atom stereocenters. The van der Waals surface area contributed by atoms with Gasteiger partial charge in [-0.25, -0.2) is 13.2 Å². The molecule has 0 saturated carbocycles. The molecule has 0 heterocycles. The Balaban J connectivity index is -0.000000126. The van der Waals surface area contributed by atoms with Crippen LogP contribution < -0.4 is 29.6 Å². The van der Waals surface area contributed by atoms with Crippen molar-refractivity contribution in [3.8, 4) is 0 Å². The molecular weight excluding hydrogens is 195 g/mol. The summed E-state index contributed by atoms with van der Waals surface area (Å²) in [5, 5.41) is 7.89. The Bertz CT molecular complexity index is 223. The minimum absolute atomic E-state index is 0. The van der Waals surface area contributed by atoms with Crippen LogP contribution in [0.3, 0.4) is 0 Å².